The molecule has 0 saturated heterocycles. The van der Waals surface area contributed by atoms with Crippen LogP contribution in [0.5, 0.6) is 0 Å². The van der Waals surface area contributed by atoms with E-state index in [2.05, 4.69) is 12.2 Å². The molecular formula is C14H21F2NO. The van der Waals surface area contributed by atoms with E-state index in [9.17, 15) is 8.78 Å². The van der Waals surface area contributed by atoms with Crippen molar-refractivity contribution in [2.24, 2.45) is 0 Å². The van der Waals surface area contributed by atoms with E-state index in [-0.39, 0.29) is 0 Å². The maximum absolute atomic E-state index is 13.3. The van der Waals surface area contributed by atoms with Crippen molar-refractivity contribution in [2.45, 2.75) is 32.7 Å². The Morgan fingerprint density at radius 1 is 1.17 bits per heavy atom. The molecule has 2 nitrogen and oxygen atoms in total. The molecule has 0 unspecified atom stereocenters. The van der Waals surface area contributed by atoms with Crippen molar-refractivity contribution < 1.29 is 13.5 Å². The van der Waals surface area contributed by atoms with Crippen molar-refractivity contribution in [3.8, 4) is 0 Å². The van der Waals surface area contributed by atoms with Gasteiger partial charge in [-0.2, -0.15) is 0 Å². The Morgan fingerprint density at radius 3 is 2.67 bits per heavy atom. The van der Waals surface area contributed by atoms with Crippen LogP contribution in [0.3, 0.4) is 0 Å². The van der Waals surface area contributed by atoms with Gasteiger partial charge in [0.1, 0.15) is 11.6 Å². The summed E-state index contributed by atoms with van der Waals surface area (Å²) in [7, 11) is 0. The molecule has 0 radical (unpaired) electrons. The standard InChI is InChI=1S/C14H21F2NO/c1-2-3-8-18-9-4-7-17-11-12-5-6-13(15)10-14(12)16/h5-6,10,17H,2-4,7-9,11H2,1H3. The average Bonchev–Trinajstić information content (AvgIpc) is 2.35. The van der Waals surface area contributed by atoms with E-state index in [1.165, 1.54) is 12.1 Å². The lowest BCUT2D eigenvalue weighted by molar-refractivity contribution is 0.128. The van der Waals surface area contributed by atoms with E-state index >= 15 is 0 Å². The maximum atomic E-state index is 13.3. The summed E-state index contributed by atoms with van der Waals surface area (Å²) in [6.07, 6.45) is 3.13. The summed E-state index contributed by atoms with van der Waals surface area (Å²) in [5.74, 6) is -1.04. The molecule has 0 fully saturated rings. The molecule has 18 heavy (non-hydrogen) atoms. The number of hydrogen-bond acceptors (Lipinski definition) is 2. The molecule has 0 bridgehead atoms. The molecular weight excluding hydrogens is 236 g/mol. The molecule has 1 aromatic rings. The molecule has 0 aliphatic carbocycles. The van der Waals surface area contributed by atoms with Gasteiger partial charge >= 0.3 is 0 Å². The molecule has 0 saturated carbocycles. The summed E-state index contributed by atoms with van der Waals surface area (Å²) >= 11 is 0. The zero-order chi connectivity index (χ0) is 13.2. The van der Waals surface area contributed by atoms with Crippen LogP contribution >= 0.6 is 0 Å². The van der Waals surface area contributed by atoms with Gasteiger partial charge in [-0.3, -0.25) is 0 Å². The number of rotatable bonds is 9. The molecule has 1 rings (SSSR count). The second-order valence-electron chi connectivity index (χ2n) is 4.23. The smallest absolute Gasteiger partial charge is 0.130 e. The molecule has 0 atom stereocenters. The van der Waals surface area contributed by atoms with Crippen molar-refractivity contribution in [2.75, 3.05) is 19.8 Å². The lowest BCUT2D eigenvalue weighted by Crippen LogP contribution is -2.17. The van der Waals surface area contributed by atoms with E-state index in [0.29, 0.717) is 12.1 Å². The molecule has 1 aromatic carbocycles. The van der Waals surface area contributed by atoms with Crippen molar-refractivity contribution in [1.29, 1.82) is 0 Å². The molecule has 0 aromatic heterocycles. The highest BCUT2D eigenvalue weighted by Crippen LogP contribution is 2.08. The average molecular weight is 257 g/mol. The van der Waals surface area contributed by atoms with Crippen LogP contribution in [-0.4, -0.2) is 19.8 Å². The van der Waals surface area contributed by atoms with E-state index in [1.54, 1.807) is 0 Å². The quantitative estimate of drug-likeness (QED) is 0.686. The van der Waals surface area contributed by atoms with E-state index in [1.807, 2.05) is 0 Å². The highest BCUT2D eigenvalue weighted by Gasteiger charge is 2.02. The predicted molar refractivity (Wildman–Crippen MR) is 68.4 cm³/mol. The summed E-state index contributed by atoms with van der Waals surface area (Å²) in [6, 6.07) is 3.65. The van der Waals surface area contributed by atoms with Crippen molar-refractivity contribution >= 4 is 0 Å². The zero-order valence-electron chi connectivity index (χ0n) is 10.8. The largest absolute Gasteiger partial charge is 0.381 e. The third-order valence-electron chi connectivity index (χ3n) is 2.62. The first kappa shape index (κ1) is 15.1. The fraction of sp³-hybridized carbons (Fsp3) is 0.571. The number of ether oxygens (including phenoxy) is 1. The lowest BCUT2D eigenvalue weighted by Gasteiger charge is -2.06. The minimum Gasteiger partial charge on any atom is -0.381 e. The minimum atomic E-state index is -0.541. The number of benzene rings is 1. The van der Waals surface area contributed by atoms with Gasteiger partial charge < -0.3 is 10.1 Å². The van der Waals surface area contributed by atoms with Crippen LogP contribution in [0.25, 0.3) is 0 Å². The Kier molecular flexibility index (Phi) is 7.53. The molecule has 0 aliphatic heterocycles. The first-order valence-electron chi connectivity index (χ1n) is 6.46. The summed E-state index contributed by atoms with van der Waals surface area (Å²) in [4.78, 5) is 0. The highest BCUT2D eigenvalue weighted by molar-refractivity contribution is 5.18. The van der Waals surface area contributed by atoms with Crippen molar-refractivity contribution in [3.63, 3.8) is 0 Å². The van der Waals surface area contributed by atoms with Gasteiger partial charge in [0.15, 0.2) is 0 Å². The van der Waals surface area contributed by atoms with E-state index in [0.717, 1.165) is 45.1 Å². The van der Waals surface area contributed by atoms with Crippen LogP contribution in [-0.2, 0) is 11.3 Å². The van der Waals surface area contributed by atoms with Gasteiger partial charge in [-0.05, 0) is 25.5 Å². The van der Waals surface area contributed by atoms with Gasteiger partial charge in [0.05, 0.1) is 0 Å². The van der Waals surface area contributed by atoms with E-state index < -0.39 is 11.6 Å². The summed E-state index contributed by atoms with van der Waals surface area (Å²) in [5, 5.41) is 3.11. The number of halogens is 2. The third-order valence-corrected chi connectivity index (χ3v) is 2.62. The molecule has 0 aliphatic rings. The molecule has 4 heteroatoms. The monoisotopic (exact) mass is 257 g/mol. The van der Waals surface area contributed by atoms with Crippen LogP contribution in [0.1, 0.15) is 31.7 Å². The van der Waals surface area contributed by atoms with Crippen LogP contribution in [0.2, 0.25) is 0 Å². The summed E-state index contributed by atoms with van der Waals surface area (Å²) in [6.45, 7) is 4.84. The zero-order valence-corrected chi connectivity index (χ0v) is 10.8. The maximum Gasteiger partial charge on any atom is 0.130 e. The Hall–Kier alpha value is -1.00. The second-order valence-corrected chi connectivity index (χ2v) is 4.23. The Morgan fingerprint density at radius 2 is 1.94 bits per heavy atom. The Balaban J connectivity index is 2.07. The second kappa shape index (κ2) is 9.00. The summed E-state index contributed by atoms with van der Waals surface area (Å²) in [5.41, 5.74) is 0.489. The first-order valence-corrected chi connectivity index (χ1v) is 6.46. The molecule has 0 spiro atoms. The molecule has 0 heterocycles. The van der Waals surface area contributed by atoms with Crippen LogP contribution in [0, 0.1) is 11.6 Å². The van der Waals surface area contributed by atoms with Gasteiger partial charge in [-0.15, -0.1) is 0 Å². The van der Waals surface area contributed by atoms with Crippen LogP contribution in [0.15, 0.2) is 18.2 Å². The van der Waals surface area contributed by atoms with Crippen molar-refractivity contribution in [3.05, 3.63) is 35.4 Å². The highest BCUT2D eigenvalue weighted by atomic mass is 19.1. The predicted octanol–water partition coefficient (Wildman–Crippen LogP) is 3.26. The number of nitrogens with one attached hydrogen (secondary N) is 1. The minimum absolute atomic E-state index is 0.418. The normalized spacial score (nSPS) is 10.8. The fourth-order valence-corrected chi connectivity index (χ4v) is 1.54. The van der Waals surface area contributed by atoms with Crippen molar-refractivity contribution in [1.82, 2.24) is 5.32 Å². The molecule has 102 valence electrons. The Bertz CT molecular complexity index is 345. The summed E-state index contributed by atoms with van der Waals surface area (Å²) < 4.78 is 31.3. The van der Waals surface area contributed by atoms with Crippen LogP contribution < -0.4 is 5.32 Å². The molecule has 1 N–H and O–H groups in total. The van der Waals surface area contributed by atoms with Gasteiger partial charge in [-0.1, -0.05) is 19.4 Å². The lowest BCUT2D eigenvalue weighted by atomic mass is 10.2. The number of unbranched alkanes of at least 4 members (excludes halogenated alkanes) is 1. The first-order chi connectivity index (χ1) is 8.74. The van der Waals surface area contributed by atoms with E-state index in [4.69, 9.17) is 4.74 Å². The molecule has 0 amide bonds. The van der Waals surface area contributed by atoms with Gasteiger partial charge in [0.2, 0.25) is 0 Å². The van der Waals surface area contributed by atoms with Gasteiger partial charge in [-0.25, -0.2) is 8.78 Å². The SMILES string of the molecule is CCCCOCCCNCc1ccc(F)cc1F. The van der Waals surface area contributed by atoms with Gasteiger partial charge in [0.25, 0.3) is 0 Å². The van der Waals surface area contributed by atoms with Gasteiger partial charge in [0, 0.05) is 31.4 Å². The van der Waals surface area contributed by atoms with Crippen LogP contribution in [0.4, 0.5) is 8.78 Å². The third kappa shape index (κ3) is 6.07. The number of hydrogen-bond donors (Lipinski definition) is 1. The fourth-order valence-electron chi connectivity index (χ4n) is 1.54. The topological polar surface area (TPSA) is 21.3 Å². The Labute approximate surface area is 107 Å².